The second-order valence-electron chi connectivity index (χ2n) is 4.51. The van der Waals surface area contributed by atoms with Crippen LogP contribution in [0, 0.1) is 6.92 Å². The molecule has 0 amide bonds. The fraction of sp³-hybridized carbons (Fsp3) is 0.333. The minimum Gasteiger partial charge on any atom is -0.379 e. The van der Waals surface area contributed by atoms with Gasteiger partial charge >= 0.3 is 0 Å². The smallest absolute Gasteiger partial charge is 0.0553 e. The van der Waals surface area contributed by atoms with E-state index < -0.39 is 0 Å². The number of halogens is 1. The zero-order chi connectivity index (χ0) is 13.0. The summed E-state index contributed by atoms with van der Waals surface area (Å²) >= 11 is 6.11. The summed E-state index contributed by atoms with van der Waals surface area (Å²) in [6.07, 6.45) is 3.28. The monoisotopic (exact) mass is 262 g/mol. The van der Waals surface area contributed by atoms with Crippen molar-refractivity contribution in [2.45, 2.75) is 33.4 Å². The molecule has 3 heteroatoms. The largest absolute Gasteiger partial charge is 0.379 e. The molecule has 0 aliphatic rings. The third-order valence-electron chi connectivity index (χ3n) is 3.03. The molecular formula is C15H19ClN2. The molecule has 0 saturated heterocycles. The van der Waals surface area contributed by atoms with Crippen LogP contribution in [0.3, 0.4) is 0 Å². The van der Waals surface area contributed by atoms with Gasteiger partial charge in [-0.2, -0.15) is 0 Å². The van der Waals surface area contributed by atoms with Gasteiger partial charge in [0.25, 0.3) is 0 Å². The Kier molecular flexibility index (Phi) is 4.32. The van der Waals surface area contributed by atoms with Crippen LogP contribution in [0.1, 0.15) is 24.6 Å². The van der Waals surface area contributed by atoms with E-state index in [9.17, 15) is 0 Å². The summed E-state index contributed by atoms with van der Waals surface area (Å²) in [4.78, 5) is 0. The topological polar surface area (TPSA) is 17.0 Å². The van der Waals surface area contributed by atoms with Gasteiger partial charge in [0.15, 0.2) is 0 Å². The Bertz CT molecular complexity index is 517. The van der Waals surface area contributed by atoms with E-state index in [-0.39, 0.29) is 0 Å². The molecule has 1 aromatic carbocycles. The standard InChI is InChI=1S/C15H19ClN2/c1-3-8-18-9-4-5-14(18)11-17-13-7-6-12(2)15(16)10-13/h4-7,9-10,17H,3,8,11H2,1-2H3. The van der Waals surface area contributed by atoms with Crippen LogP contribution in [-0.2, 0) is 13.1 Å². The molecule has 0 saturated carbocycles. The van der Waals surface area contributed by atoms with Crippen molar-refractivity contribution in [3.8, 4) is 0 Å². The second-order valence-corrected chi connectivity index (χ2v) is 4.92. The first-order chi connectivity index (χ1) is 8.70. The minimum atomic E-state index is 0.809. The van der Waals surface area contributed by atoms with Crippen molar-refractivity contribution in [3.63, 3.8) is 0 Å². The summed E-state index contributed by atoms with van der Waals surface area (Å²) in [5, 5.41) is 4.22. The predicted octanol–water partition coefficient (Wildman–Crippen LogP) is 4.47. The number of hydrogen-bond donors (Lipinski definition) is 1. The Morgan fingerprint density at radius 3 is 2.83 bits per heavy atom. The third kappa shape index (κ3) is 3.08. The Balaban J connectivity index is 2.02. The lowest BCUT2D eigenvalue weighted by molar-refractivity contribution is 0.654. The fourth-order valence-corrected chi connectivity index (χ4v) is 2.14. The average molecular weight is 263 g/mol. The molecule has 0 bridgehead atoms. The summed E-state index contributed by atoms with van der Waals surface area (Å²) in [5.41, 5.74) is 3.47. The molecule has 0 aliphatic carbocycles. The quantitative estimate of drug-likeness (QED) is 0.841. The maximum absolute atomic E-state index is 6.11. The van der Waals surface area contributed by atoms with Crippen molar-refractivity contribution >= 4 is 17.3 Å². The zero-order valence-corrected chi connectivity index (χ0v) is 11.7. The molecule has 0 aliphatic heterocycles. The zero-order valence-electron chi connectivity index (χ0n) is 10.9. The number of aromatic nitrogens is 1. The van der Waals surface area contributed by atoms with Gasteiger partial charge in [0.1, 0.15) is 0 Å². The summed E-state index contributed by atoms with van der Waals surface area (Å²) in [6, 6.07) is 10.3. The van der Waals surface area contributed by atoms with Crippen LogP contribution < -0.4 is 5.32 Å². The van der Waals surface area contributed by atoms with Gasteiger partial charge in [-0.1, -0.05) is 24.6 Å². The van der Waals surface area contributed by atoms with Crippen LogP contribution in [0.5, 0.6) is 0 Å². The number of benzene rings is 1. The highest BCUT2D eigenvalue weighted by Crippen LogP contribution is 2.20. The normalized spacial score (nSPS) is 10.6. The number of nitrogens with zero attached hydrogens (tertiary/aromatic N) is 1. The van der Waals surface area contributed by atoms with Crippen LogP contribution in [0.15, 0.2) is 36.5 Å². The fourth-order valence-electron chi connectivity index (χ4n) is 1.96. The molecule has 18 heavy (non-hydrogen) atoms. The van der Waals surface area contributed by atoms with E-state index in [1.54, 1.807) is 0 Å². The first-order valence-corrected chi connectivity index (χ1v) is 6.72. The Morgan fingerprint density at radius 2 is 2.11 bits per heavy atom. The van der Waals surface area contributed by atoms with Crippen LogP contribution in [-0.4, -0.2) is 4.57 Å². The molecule has 2 nitrogen and oxygen atoms in total. The van der Waals surface area contributed by atoms with Crippen LogP contribution in [0.25, 0.3) is 0 Å². The number of nitrogens with one attached hydrogen (secondary N) is 1. The number of aryl methyl sites for hydroxylation is 2. The molecule has 0 atom stereocenters. The number of anilines is 1. The van der Waals surface area contributed by atoms with Crippen LogP contribution in [0.4, 0.5) is 5.69 Å². The molecule has 1 aromatic heterocycles. The van der Waals surface area contributed by atoms with Gasteiger partial charge in [0.2, 0.25) is 0 Å². The third-order valence-corrected chi connectivity index (χ3v) is 3.44. The van der Waals surface area contributed by atoms with E-state index in [2.05, 4.69) is 41.2 Å². The predicted molar refractivity (Wildman–Crippen MR) is 78.2 cm³/mol. The summed E-state index contributed by atoms with van der Waals surface area (Å²) < 4.78 is 2.28. The van der Waals surface area contributed by atoms with E-state index in [4.69, 9.17) is 11.6 Å². The Morgan fingerprint density at radius 1 is 1.28 bits per heavy atom. The molecule has 0 radical (unpaired) electrons. The molecule has 96 valence electrons. The molecule has 1 N–H and O–H groups in total. The Labute approximate surface area is 114 Å². The molecule has 1 heterocycles. The van der Waals surface area contributed by atoms with Gasteiger partial charge in [-0.25, -0.2) is 0 Å². The summed E-state index contributed by atoms with van der Waals surface area (Å²) in [5.74, 6) is 0. The van der Waals surface area contributed by atoms with Crippen molar-refractivity contribution in [2.75, 3.05) is 5.32 Å². The van der Waals surface area contributed by atoms with Crippen molar-refractivity contribution in [1.29, 1.82) is 0 Å². The molecule has 2 aromatic rings. The lowest BCUT2D eigenvalue weighted by Gasteiger charge is -2.11. The number of rotatable bonds is 5. The maximum Gasteiger partial charge on any atom is 0.0553 e. The van der Waals surface area contributed by atoms with Gasteiger partial charge < -0.3 is 9.88 Å². The second kappa shape index (κ2) is 5.96. The Hall–Kier alpha value is -1.41. The van der Waals surface area contributed by atoms with E-state index in [0.717, 1.165) is 35.8 Å². The van der Waals surface area contributed by atoms with E-state index in [1.807, 2.05) is 19.1 Å². The molecular weight excluding hydrogens is 244 g/mol. The highest BCUT2D eigenvalue weighted by Gasteiger charge is 2.01. The molecule has 0 spiro atoms. The van der Waals surface area contributed by atoms with Gasteiger partial charge in [-0.3, -0.25) is 0 Å². The van der Waals surface area contributed by atoms with E-state index in [1.165, 1.54) is 5.69 Å². The first kappa shape index (κ1) is 13.0. The lowest BCUT2D eigenvalue weighted by Crippen LogP contribution is -2.06. The number of hydrogen-bond acceptors (Lipinski definition) is 1. The van der Waals surface area contributed by atoms with Crippen molar-refractivity contribution in [2.24, 2.45) is 0 Å². The van der Waals surface area contributed by atoms with Gasteiger partial charge in [0.05, 0.1) is 6.54 Å². The van der Waals surface area contributed by atoms with Gasteiger partial charge in [-0.05, 0) is 43.2 Å². The summed E-state index contributed by atoms with van der Waals surface area (Å²) in [7, 11) is 0. The summed E-state index contributed by atoms with van der Waals surface area (Å²) in [6.45, 7) is 6.10. The SMILES string of the molecule is CCCn1cccc1CNc1ccc(C)c(Cl)c1. The molecule has 0 unspecified atom stereocenters. The van der Waals surface area contributed by atoms with Crippen molar-refractivity contribution < 1.29 is 0 Å². The van der Waals surface area contributed by atoms with Crippen LogP contribution >= 0.6 is 11.6 Å². The highest BCUT2D eigenvalue weighted by atomic mass is 35.5. The first-order valence-electron chi connectivity index (χ1n) is 6.34. The molecule has 0 fully saturated rings. The minimum absolute atomic E-state index is 0.809. The molecule has 2 rings (SSSR count). The van der Waals surface area contributed by atoms with Crippen molar-refractivity contribution in [3.05, 3.63) is 52.8 Å². The van der Waals surface area contributed by atoms with Crippen LogP contribution in [0.2, 0.25) is 5.02 Å². The van der Waals surface area contributed by atoms with Gasteiger partial charge in [-0.15, -0.1) is 0 Å². The maximum atomic E-state index is 6.11. The van der Waals surface area contributed by atoms with E-state index >= 15 is 0 Å². The highest BCUT2D eigenvalue weighted by molar-refractivity contribution is 6.31. The van der Waals surface area contributed by atoms with Crippen molar-refractivity contribution in [1.82, 2.24) is 4.57 Å². The lowest BCUT2D eigenvalue weighted by atomic mass is 10.2. The average Bonchev–Trinajstić information content (AvgIpc) is 2.79. The van der Waals surface area contributed by atoms with E-state index in [0.29, 0.717) is 0 Å². The van der Waals surface area contributed by atoms with Gasteiger partial charge in [0, 0.05) is 29.1 Å².